The molecule has 2 aromatic rings. The number of H-pyrrole nitrogens is 2. The zero-order chi connectivity index (χ0) is 26.0. The minimum absolute atomic E-state index is 1.03. The monoisotopic (exact) mass is 482 g/mol. The van der Waals surface area contributed by atoms with Gasteiger partial charge in [0.05, 0.1) is 11.4 Å². The molecule has 0 unspecified atom stereocenters. The minimum Gasteiger partial charge on any atom is -0.361 e. The highest BCUT2D eigenvalue weighted by Gasteiger charge is 2.20. The maximum atomic E-state index is 4.92. The first kappa shape index (κ1) is 25.9. The summed E-state index contributed by atoms with van der Waals surface area (Å²) in [5, 5.41) is 0. The first-order valence-corrected chi connectivity index (χ1v) is 13.5. The van der Waals surface area contributed by atoms with E-state index >= 15 is 0 Å². The molecule has 4 heteroatoms. The zero-order valence-electron chi connectivity index (χ0n) is 23.4. The van der Waals surface area contributed by atoms with E-state index in [2.05, 4.69) is 89.9 Å². The van der Waals surface area contributed by atoms with Gasteiger partial charge in [0, 0.05) is 35.2 Å². The van der Waals surface area contributed by atoms with E-state index in [4.69, 9.17) is 9.98 Å². The summed E-state index contributed by atoms with van der Waals surface area (Å²) in [6, 6.07) is 0. The predicted octanol–water partition coefficient (Wildman–Crippen LogP) is 8.61. The Bertz CT molecular complexity index is 1240. The summed E-state index contributed by atoms with van der Waals surface area (Å²) >= 11 is 0. The summed E-state index contributed by atoms with van der Waals surface area (Å²) in [7, 11) is 0. The van der Waals surface area contributed by atoms with E-state index in [0.717, 1.165) is 49.9 Å². The van der Waals surface area contributed by atoms with E-state index in [1.807, 2.05) is 0 Å². The molecule has 4 nitrogen and oxygen atoms in total. The fraction of sp³-hybridized carbons (Fsp3) is 0.438. The summed E-state index contributed by atoms with van der Waals surface area (Å²) in [6.45, 7) is 17.5. The van der Waals surface area contributed by atoms with Crippen LogP contribution < -0.4 is 0 Å². The molecular formula is C32H42N4. The molecule has 0 amide bonds. The summed E-state index contributed by atoms with van der Waals surface area (Å²) in [5.74, 6) is 0. The van der Waals surface area contributed by atoms with Crippen molar-refractivity contribution in [3.05, 3.63) is 79.7 Å². The van der Waals surface area contributed by atoms with Crippen molar-refractivity contribution >= 4 is 23.6 Å². The first-order chi connectivity index (χ1) is 17.2. The van der Waals surface area contributed by atoms with E-state index in [-0.39, 0.29) is 0 Å². The predicted molar refractivity (Wildman–Crippen MR) is 156 cm³/mol. The maximum Gasteiger partial charge on any atom is 0.0686 e. The molecule has 36 heavy (non-hydrogen) atoms. The minimum atomic E-state index is 1.03. The Morgan fingerprint density at radius 1 is 0.639 bits per heavy atom. The Balaban J connectivity index is 1.41. The van der Waals surface area contributed by atoms with Crippen molar-refractivity contribution in [2.45, 2.75) is 93.9 Å². The zero-order valence-corrected chi connectivity index (χ0v) is 23.4. The van der Waals surface area contributed by atoms with Gasteiger partial charge in [-0.1, -0.05) is 13.8 Å². The molecule has 0 saturated carbocycles. The highest BCUT2D eigenvalue weighted by atomic mass is 14.8. The molecule has 0 atom stereocenters. The summed E-state index contributed by atoms with van der Waals surface area (Å²) in [5.41, 5.74) is 17.9. The smallest absolute Gasteiger partial charge is 0.0686 e. The fourth-order valence-electron chi connectivity index (χ4n) is 5.75. The molecule has 2 aliphatic heterocycles. The Labute approximate surface area is 217 Å². The average Bonchev–Trinajstić information content (AvgIpc) is 3.54. The number of aromatic amines is 2. The molecule has 0 spiro atoms. The van der Waals surface area contributed by atoms with Crippen LogP contribution in [0.4, 0.5) is 0 Å². The van der Waals surface area contributed by atoms with Gasteiger partial charge in [-0.25, -0.2) is 0 Å². The van der Waals surface area contributed by atoms with Crippen LogP contribution in [0.1, 0.15) is 101 Å². The molecular weight excluding hydrogens is 440 g/mol. The van der Waals surface area contributed by atoms with E-state index < -0.39 is 0 Å². The fourth-order valence-corrected chi connectivity index (χ4v) is 5.75. The third-order valence-corrected chi connectivity index (χ3v) is 7.99. The Hall–Kier alpha value is -3.14. The molecule has 0 saturated heterocycles. The van der Waals surface area contributed by atoms with E-state index in [0.29, 0.717) is 0 Å². The molecule has 190 valence electrons. The van der Waals surface area contributed by atoms with Crippen molar-refractivity contribution in [1.82, 2.24) is 9.97 Å². The Morgan fingerprint density at radius 3 is 1.39 bits per heavy atom. The van der Waals surface area contributed by atoms with Gasteiger partial charge in [0.2, 0.25) is 0 Å². The van der Waals surface area contributed by atoms with Gasteiger partial charge in [-0.05, 0) is 137 Å². The second-order valence-electron chi connectivity index (χ2n) is 10.3. The average molecular weight is 483 g/mol. The van der Waals surface area contributed by atoms with Gasteiger partial charge < -0.3 is 9.97 Å². The number of rotatable bonds is 9. The summed E-state index contributed by atoms with van der Waals surface area (Å²) < 4.78 is 0. The van der Waals surface area contributed by atoms with Crippen LogP contribution in [0.15, 0.2) is 56.1 Å². The van der Waals surface area contributed by atoms with Crippen LogP contribution in [0.5, 0.6) is 0 Å². The number of aliphatic imine (C=N–C) groups is 2. The van der Waals surface area contributed by atoms with Crippen LogP contribution in [-0.4, -0.2) is 21.4 Å². The van der Waals surface area contributed by atoms with Gasteiger partial charge in [0.1, 0.15) is 0 Å². The molecule has 0 radical (unpaired) electrons. The maximum absolute atomic E-state index is 4.92. The van der Waals surface area contributed by atoms with Crippen LogP contribution in [0.3, 0.4) is 0 Å². The number of nitrogens with one attached hydrogen (secondary N) is 2. The molecule has 0 bridgehead atoms. The van der Waals surface area contributed by atoms with Crippen molar-refractivity contribution in [3.63, 3.8) is 0 Å². The van der Waals surface area contributed by atoms with Crippen molar-refractivity contribution in [2.24, 2.45) is 9.98 Å². The summed E-state index contributed by atoms with van der Waals surface area (Å²) in [6.07, 6.45) is 15.2. The number of unbranched alkanes of at least 4 members (excludes halogenated alkanes) is 1. The third-order valence-electron chi connectivity index (χ3n) is 7.99. The number of hydrogen-bond donors (Lipinski definition) is 2. The van der Waals surface area contributed by atoms with Crippen molar-refractivity contribution in [3.8, 4) is 0 Å². The van der Waals surface area contributed by atoms with Crippen LogP contribution in [-0.2, 0) is 12.8 Å². The van der Waals surface area contributed by atoms with E-state index in [9.17, 15) is 0 Å². The molecule has 0 aliphatic carbocycles. The number of hydrogen-bond acceptors (Lipinski definition) is 2. The lowest BCUT2D eigenvalue weighted by Crippen LogP contribution is -1.98. The topological polar surface area (TPSA) is 56.3 Å². The van der Waals surface area contributed by atoms with E-state index in [1.165, 1.54) is 67.4 Å². The van der Waals surface area contributed by atoms with E-state index in [1.54, 1.807) is 0 Å². The highest BCUT2D eigenvalue weighted by molar-refractivity contribution is 6.04. The lowest BCUT2D eigenvalue weighted by Gasteiger charge is -2.07. The normalized spacial score (nSPS) is 18.3. The molecule has 4 rings (SSSR count). The van der Waals surface area contributed by atoms with Crippen molar-refractivity contribution in [1.29, 1.82) is 0 Å². The molecule has 0 aromatic carbocycles. The number of nitrogens with zero attached hydrogens (tertiary/aromatic N) is 2. The first-order valence-electron chi connectivity index (χ1n) is 13.5. The molecule has 4 heterocycles. The van der Waals surface area contributed by atoms with Gasteiger partial charge in [-0.2, -0.15) is 0 Å². The molecule has 2 N–H and O–H groups in total. The molecule has 2 aromatic heterocycles. The van der Waals surface area contributed by atoms with Crippen LogP contribution in [0.25, 0.3) is 12.2 Å². The Kier molecular flexibility index (Phi) is 7.82. The molecule has 0 fully saturated rings. The van der Waals surface area contributed by atoms with Gasteiger partial charge in [0.25, 0.3) is 0 Å². The number of allylic oxidation sites excluding steroid dienone is 4. The van der Waals surface area contributed by atoms with Crippen LogP contribution >= 0.6 is 0 Å². The van der Waals surface area contributed by atoms with Gasteiger partial charge in [-0.3, -0.25) is 9.98 Å². The largest absolute Gasteiger partial charge is 0.361 e. The third kappa shape index (κ3) is 5.04. The lowest BCUT2D eigenvalue weighted by molar-refractivity contribution is 0.742. The SMILES string of the molecule is CCc1c(C)c[nH]c1/C=C1\N=C(C)C(CCCCC2=C(C)/C(=C\c3[nH]cc(C)c3CC)N=C2C)=C1C. The van der Waals surface area contributed by atoms with Crippen LogP contribution in [0.2, 0.25) is 0 Å². The van der Waals surface area contributed by atoms with Gasteiger partial charge in [-0.15, -0.1) is 0 Å². The molecule has 2 aliphatic rings. The number of aryl methyl sites for hydroxylation is 2. The summed E-state index contributed by atoms with van der Waals surface area (Å²) in [4.78, 5) is 16.7. The van der Waals surface area contributed by atoms with Crippen LogP contribution in [0, 0.1) is 13.8 Å². The second-order valence-corrected chi connectivity index (χ2v) is 10.3. The lowest BCUT2D eigenvalue weighted by atomic mass is 9.96. The highest BCUT2D eigenvalue weighted by Crippen LogP contribution is 2.33. The van der Waals surface area contributed by atoms with Crippen molar-refractivity contribution in [2.75, 3.05) is 0 Å². The van der Waals surface area contributed by atoms with Gasteiger partial charge >= 0.3 is 0 Å². The number of aromatic nitrogens is 2. The van der Waals surface area contributed by atoms with Crippen molar-refractivity contribution < 1.29 is 0 Å². The second kappa shape index (κ2) is 10.9. The van der Waals surface area contributed by atoms with Gasteiger partial charge in [0.15, 0.2) is 0 Å². The quantitative estimate of drug-likeness (QED) is 0.336. The Morgan fingerprint density at radius 2 is 1.03 bits per heavy atom. The standard InChI is InChI=1S/C32H42N4/c1-9-25-19(3)17-33-31(25)15-29-21(5)27(23(7)35-29)13-11-12-14-28-22(6)30(36-24(28)8)16-32-26(10-2)20(4)18-34-32/h15-18,33-34H,9-14H2,1-8H3/b29-15-,30-16+.